The van der Waals surface area contributed by atoms with Gasteiger partial charge in [-0.2, -0.15) is 0 Å². The normalized spacial score (nSPS) is 11.0. The number of ketones is 1. The van der Waals surface area contributed by atoms with Crippen LogP contribution in [0.4, 0.5) is 0 Å². The minimum Gasteiger partial charge on any atom is -0.506 e. The molecule has 0 saturated heterocycles. The Morgan fingerprint density at radius 1 is 1.06 bits per heavy atom. The lowest BCUT2D eigenvalue weighted by Gasteiger charge is -2.09. The summed E-state index contributed by atoms with van der Waals surface area (Å²) in [6.07, 6.45) is 1.17. The Bertz CT molecular complexity index is 1300. The molecule has 0 atom stereocenters. The van der Waals surface area contributed by atoms with Gasteiger partial charge < -0.3 is 14.3 Å². The molecule has 1 aromatic heterocycles. The van der Waals surface area contributed by atoms with Crippen LogP contribution in [0.3, 0.4) is 0 Å². The third kappa shape index (κ3) is 4.52. The molecule has 4 rings (SSSR count). The molecule has 0 fully saturated rings. The Kier molecular flexibility index (Phi) is 6.53. The van der Waals surface area contributed by atoms with Gasteiger partial charge in [0.05, 0.1) is 14.5 Å². The fourth-order valence-corrected chi connectivity index (χ4v) is 4.74. The summed E-state index contributed by atoms with van der Waals surface area (Å²) >= 11 is 6.58. The number of halogens is 2. The minimum atomic E-state index is -0.177. The zero-order chi connectivity index (χ0) is 22.8. The van der Waals surface area contributed by atoms with Crippen LogP contribution in [0.25, 0.3) is 11.0 Å². The van der Waals surface area contributed by atoms with E-state index in [0.29, 0.717) is 61.2 Å². The Labute approximate surface area is 202 Å². The summed E-state index contributed by atoms with van der Waals surface area (Å²) in [5, 5.41) is 10.7. The summed E-state index contributed by atoms with van der Waals surface area (Å²) < 4.78 is 12.8. The molecule has 0 saturated carbocycles. The first kappa shape index (κ1) is 22.4. The number of hydrogen-bond donors (Lipinski definition) is 1. The van der Waals surface area contributed by atoms with Gasteiger partial charge in [0.25, 0.3) is 0 Å². The molecular formula is C26H20Br2O4. The Hall–Kier alpha value is -2.83. The van der Waals surface area contributed by atoms with E-state index < -0.39 is 0 Å². The number of allylic oxidation sites excluding steroid dienone is 1. The maximum absolute atomic E-state index is 13.4. The number of phenolic OH excluding ortho intramolecular Hbond substituents is 1. The minimum absolute atomic E-state index is 0.0480. The van der Waals surface area contributed by atoms with Crippen LogP contribution in [-0.4, -0.2) is 10.9 Å². The molecule has 4 aromatic rings. The van der Waals surface area contributed by atoms with E-state index in [1.165, 1.54) is 0 Å². The lowest BCUT2D eigenvalue weighted by Crippen LogP contribution is -2.04. The van der Waals surface area contributed by atoms with Crippen LogP contribution in [0.5, 0.6) is 11.5 Å². The van der Waals surface area contributed by atoms with Gasteiger partial charge in [0.2, 0.25) is 0 Å². The number of rotatable bonds is 7. The van der Waals surface area contributed by atoms with E-state index in [2.05, 4.69) is 38.4 Å². The van der Waals surface area contributed by atoms with E-state index in [0.717, 1.165) is 5.56 Å². The van der Waals surface area contributed by atoms with Crippen LogP contribution in [0.1, 0.15) is 34.2 Å². The summed E-state index contributed by atoms with van der Waals surface area (Å²) in [4.78, 5) is 13.4. The average molecular weight is 556 g/mol. The molecule has 6 heteroatoms. The van der Waals surface area contributed by atoms with Crippen molar-refractivity contribution >= 4 is 48.6 Å². The topological polar surface area (TPSA) is 59.7 Å². The third-order valence-electron chi connectivity index (χ3n) is 5.07. The van der Waals surface area contributed by atoms with Crippen molar-refractivity contribution in [3.8, 4) is 11.5 Å². The van der Waals surface area contributed by atoms with Crippen molar-refractivity contribution < 1.29 is 19.1 Å². The number of furan rings is 1. The van der Waals surface area contributed by atoms with Crippen molar-refractivity contribution in [3.05, 3.63) is 104 Å². The number of hydrogen-bond acceptors (Lipinski definition) is 4. The zero-order valence-corrected chi connectivity index (χ0v) is 20.5. The van der Waals surface area contributed by atoms with Crippen molar-refractivity contribution in [1.82, 2.24) is 0 Å². The van der Waals surface area contributed by atoms with Crippen LogP contribution in [0.15, 0.2) is 86.4 Å². The highest BCUT2D eigenvalue weighted by Crippen LogP contribution is 2.36. The Morgan fingerprint density at radius 2 is 1.75 bits per heavy atom. The van der Waals surface area contributed by atoms with Gasteiger partial charge in [0, 0.05) is 29.9 Å². The van der Waals surface area contributed by atoms with Crippen molar-refractivity contribution in [3.63, 3.8) is 0 Å². The molecule has 1 N–H and O–H groups in total. The van der Waals surface area contributed by atoms with E-state index >= 15 is 0 Å². The fraction of sp³-hybridized carbons (Fsp3) is 0.115. The number of carbonyl (C=O) groups is 1. The standard InChI is InChI=1S/C26H20Br2O4/c1-3-22-24(25(29)17-12-20(27)26(30)21(28)13-17)19-10-9-18(14-23(19)32-22)31-15(2)11-16-7-5-4-6-8-16/h4-10,12-14,30H,2-3,11H2,1H3. The van der Waals surface area contributed by atoms with Crippen LogP contribution in [0, 0.1) is 0 Å². The molecule has 0 aliphatic heterocycles. The Morgan fingerprint density at radius 3 is 2.41 bits per heavy atom. The van der Waals surface area contributed by atoms with E-state index in [9.17, 15) is 9.90 Å². The second-order valence-corrected chi connectivity index (χ2v) is 9.04. The number of phenols is 1. The number of benzene rings is 3. The smallest absolute Gasteiger partial charge is 0.197 e. The summed E-state index contributed by atoms with van der Waals surface area (Å²) in [5.74, 6) is 1.69. The quantitative estimate of drug-likeness (QED) is 0.188. The molecule has 0 amide bonds. The van der Waals surface area contributed by atoms with Gasteiger partial charge in [0.15, 0.2) is 5.78 Å². The van der Waals surface area contributed by atoms with Gasteiger partial charge >= 0.3 is 0 Å². The molecular weight excluding hydrogens is 536 g/mol. The van der Waals surface area contributed by atoms with Crippen LogP contribution in [0.2, 0.25) is 0 Å². The summed E-state index contributed by atoms with van der Waals surface area (Å²) in [6.45, 7) is 5.96. The number of aromatic hydroxyl groups is 1. The number of fused-ring (bicyclic) bond motifs is 1. The lowest BCUT2D eigenvalue weighted by molar-refractivity contribution is 0.103. The highest BCUT2D eigenvalue weighted by atomic mass is 79.9. The molecule has 0 spiro atoms. The zero-order valence-electron chi connectivity index (χ0n) is 17.3. The molecule has 0 bridgehead atoms. The summed E-state index contributed by atoms with van der Waals surface area (Å²) in [6, 6.07) is 18.6. The lowest BCUT2D eigenvalue weighted by atomic mass is 9.99. The highest BCUT2D eigenvalue weighted by molar-refractivity contribution is 9.11. The second kappa shape index (κ2) is 9.35. The molecule has 1 heterocycles. The number of ether oxygens (including phenoxy) is 1. The van der Waals surface area contributed by atoms with Crippen molar-refractivity contribution in [2.24, 2.45) is 0 Å². The van der Waals surface area contributed by atoms with Crippen molar-refractivity contribution in [1.29, 1.82) is 0 Å². The van der Waals surface area contributed by atoms with Crippen LogP contribution in [-0.2, 0) is 12.8 Å². The van der Waals surface area contributed by atoms with Gasteiger partial charge in [-0.25, -0.2) is 0 Å². The molecule has 0 unspecified atom stereocenters. The summed E-state index contributed by atoms with van der Waals surface area (Å²) in [5.41, 5.74) is 2.65. The molecule has 162 valence electrons. The average Bonchev–Trinajstić information content (AvgIpc) is 3.15. The fourth-order valence-electron chi connectivity index (χ4n) is 3.56. The van der Waals surface area contributed by atoms with E-state index in [4.69, 9.17) is 9.15 Å². The van der Waals surface area contributed by atoms with Crippen LogP contribution >= 0.6 is 31.9 Å². The third-order valence-corrected chi connectivity index (χ3v) is 6.28. The largest absolute Gasteiger partial charge is 0.506 e. The van der Waals surface area contributed by atoms with E-state index in [1.807, 2.05) is 49.4 Å². The summed E-state index contributed by atoms with van der Waals surface area (Å²) in [7, 11) is 0. The molecule has 0 radical (unpaired) electrons. The van der Waals surface area contributed by atoms with E-state index in [-0.39, 0.29) is 11.5 Å². The first-order chi connectivity index (χ1) is 15.4. The van der Waals surface area contributed by atoms with Gasteiger partial charge in [-0.15, -0.1) is 0 Å². The second-order valence-electron chi connectivity index (χ2n) is 7.33. The molecule has 32 heavy (non-hydrogen) atoms. The molecule has 3 aromatic carbocycles. The molecule has 0 aliphatic rings. The van der Waals surface area contributed by atoms with Crippen LogP contribution < -0.4 is 4.74 Å². The highest BCUT2D eigenvalue weighted by Gasteiger charge is 2.23. The first-order valence-electron chi connectivity index (χ1n) is 10.0. The molecule has 4 nitrogen and oxygen atoms in total. The Balaban J connectivity index is 1.65. The monoisotopic (exact) mass is 554 g/mol. The van der Waals surface area contributed by atoms with Crippen molar-refractivity contribution in [2.75, 3.05) is 0 Å². The maximum atomic E-state index is 13.4. The first-order valence-corrected chi connectivity index (χ1v) is 11.6. The van der Waals surface area contributed by atoms with Crippen molar-refractivity contribution in [2.45, 2.75) is 19.8 Å². The predicted octanol–water partition coefficient (Wildman–Crippen LogP) is 7.59. The number of aryl methyl sites for hydroxylation is 1. The van der Waals surface area contributed by atoms with Gasteiger partial charge in [-0.1, -0.05) is 43.8 Å². The molecule has 0 aliphatic carbocycles. The maximum Gasteiger partial charge on any atom is 0.197 e. The predicted molar refractivity (Wildman–Crippen MR) is 132 cm³/mol. The van der Waals surface area contributed by atoms with Gasteiger partial charge in [-0.3, -0.25) is 4.79 Å². The van der Waals surface area contributed by atoms with Gasteiger partial charge in [-0.05, 0) is 61.7 Å². The number of carbonyl (C=O) groups excluding carboxylic acids is 1. The van der Waals surface area contributed by atoms with E-state index in [1.54, 1.807) is 18.2 Å². The van der Waals surface area contributed by atoms with Gasteiger partial charge in [0.1, 0.15) is 28.6 Å². The SMILES string of the molecule is C=C(Cc1ccccc1)Oc1ccc2c(C(=O)c3cc(Br)c(O)c(Br)c3)c(CC)oc2c1.